The van der Waals surface area contributed by atoms with E-state index in [1.807, 2.05) is 31.3 Å². The van der Waals surface area contributed by atoms with Crippen LogP contribution in [0.1, 0.15) is 34.1 Å². The van der Waals surface area contributed by atoms with E-state index in [0.717, 1.165) is 30.4 Å². The molecule has 2 rings (SSSR count). The molecule has 148 valence electrons. The van der Waals surface area contributed by atoms with Crippen molar-refractivity contribution in [3.05, 3.63) is 52.0 Å². The molecule has 1 amide bonds. The molecule has 0 atom stereocenters. The Hall–Kier alpha value is -1.68. The van der Waals surface area contributed by atoms with Gasteiger partial charge in [0.05, 0.1) is 5.01 Å². The van der Waals surface area contributed by atoms with Crippen molar-refractivity contribution in [2.45, 2.75) is 26.7 Å². The molecule has 0 aliphatic carbocycles. The number of carbonyl (C=O) groups excluding carboxylic acids is 1. The summed E-state index contributed by atoms with van der Waals surface area (Å²) in [7, 11) is 0. The minimum Gasteiger partial charge on any atom is -0.357 e. The molecule has 2 aromatic rings. The lowest BCUT2D eigenvalue weighted by Crippen LogP contribution is -2.41. The van der Waals surface area contributed by atoms with Gasteiger partial charge in [0.15, 0.2) is 5.96 Å². The predicted molar refractivity (Wildman–Crippen MR) is 123 cm³/mol. The Bertz CT molecular complexity index is 705. The first kappa shape index (κ1) is 23.4. The molecule has 0 bridgehead atoms. The van der Waals surface area contributed by atoms with Crippen molar-refractivity contribution in [3.63, 3.8) is 0 Å². The third-order valence-corrected chi connectivity index (χ3v) is 4.83. The summed E-state index contributed by atoms with van der Waals surface area (Å²) in [5.41, 5.74) is 0.669. The molecule has 27 heavy (non-hydrogen) atoms. The van der Waals surface area contributed by atoms with Crippen LogP contribution < -0.4 is 16.0 Å². The summed E-state index contributed by atoms with van der Waals surface area (Å²) in [5, 5.41) is 10.5. The Morgan fingerprint density at radius 3 is 2.52 bits per heavy atom. The number of aliphatic imine (C=N–C) groups is 1. The second kappa shape index (κ2) is 13.5. The lowest BCUT2D eigenvalue weighted by Gasteiger charge is -2.11. The largest absolute Gasteiger partial charge is 0.357 e. The van der Waals surface area contributed by atoms with Crippen molar-refractivity contribution < 1.29 is 4.79 Å². The predicted octanol–water partition coefficient (Wildman–Crippen LogP) is 2.85. The second-order valence-corrected chi connectivity index (χ2v) is 6.83. The minimum absolute atomic E-state index is 0. The molecule has 3 N–H and O–H groups in total. The maximum Gasteiger partial charge on any atom is 0.251 e. The van der Waals surface area contributed by atoms with E-state index < -0.39 is 0 Å². The Morgan fingerprint density at radius 1 is 1.11 bits per heavy atom. The van der Waals surface area contributed by atoms with Gasteiger partial charge in [0.25, 0.3) is 5.91 Å². The summed E-state index contributed by atoms with van der Waals surface area (Å²) in [6, 6.07) is 9.21. The third kappa shape index (κ3) is 8.70. The molecule has 8 heteroatoms. The summed E-state index contributed by atoms with van der Waals surface area (Å²) < 4.78 is 0. The van der Waals surface area contributed by atoms with Crippen molar-refractivity contribution in [3.8, 4) is 0 Å². The molecular weight excluding hydrogens is 473 g/mol. The Labute approximate surface area is 182 Å². The van der Waals surface area contributed by atoms with Crippen LogP contribution in [0.5, 0.6) is 0 Å². The lowest BCUT2D eigenvalue weighted by molar-refractivity contribution is 0.0954. The number of thiazole rings is 1. The van der Waals surface area contributed by atoms with E-state index in [0.29, 0.717) is 25.2 Å². The van der Waals surface area contributed by atoms with Crippen molar-refractivity contribution in [1.82, 2.24) is 20.9 Å². The number of carbonyl (C=O) groups is 1. The molecule has 6 nitrogen and oxygen atoms in total. The maximum atomic E-state index is 12.0. The highest BCUT2D eigenvalue weighted by Gasteiger charge is 2.04. The van der Waals surface area contributed by atoms with E-state index in [2.05, 4.69) is 32.9 Å². The summed E-state index contributed by atoms with van der Waals surface area (Å²) >= 11 is 1.75. The molecule has 0 saturated carbocycles. The number of hydrogen-bond acceptors (Lipinski definition) is 4. The number of nitrogens with one attached hydrogen (secondary N) is 3. The molecule has 1 aromatic heterocycles. The Morgan fingerprint density at radius 2 is 1.85 bits per heavy atom. The average Bonchev–Trinajstić information content (AvgIpc) is 3.13. The first-order chi connectivity index (χ1) is 12.7. The van der Waals surface area contributed by atoms with E-state index in [1.54, 1.807) is 23.5 Å². The van der Waals surface area contributed by atoms with Crippen LogP contribution in [0.3, 0.4) is 0 Å². The molecule has 0 aliphatic rings. The Kier molecular flexibility index (Phi) is 11.7. The van der Waals surface area contributed by atoms with E-state index in [9.17, 15) is 4.79 Å². The van der Waals surface area contributed by atoms with Gasteiger partial charge in [-0.05, 0) is 25.5 Å². The van der Waals surface area contributed by atoms with Gasteiger partial charge in [-0.3, -0.25) is 9.79 Å². The lowest BCUT2D eigenvalue weighted by atomic mass is 10.2. The number of rotatable bonds is 9. The molecule has 0 unspecified atom stereocenters. The summed E-state index contributed by atoms with van der Waals surface area (Å²) in [5.74, 6) is 0.693. The quantitative estimate of drug-likeness (QED) is 0.214. The van der Waals surface area contributed by atoms with Crippen LogP contribution in [0, 0.1) is 0 Å². The van der Waals surface area contributed by atoms with Gasteiger partial charge in [-0.15, -0.1) is 35.3 Å². The average molecular weight is 501 g/mol. The standard InChI is InChI=1S/C19H27N5OS.HI/c1-3-16-14-24-17(26-16)10-11-22-19(20-4-2)23-13-12-21-18(25)15-8-6-5-7-9-15;/h5-9,14H,3-4,10-13H2,1-2H3,(H,21,25)(H2,20,22,23);1H. The van der Waals surface area contributed by atoms with Gasteiger partial charge < -0.3 is 16.0 Å². The SMILES string of the molecule is CCNC(=NCCc1ncc(CC)s1)NCCNC(=O)c1ccccc1.I. The minimum atomic E-state index is -0.0650. The molecule has 0 saturated heterocycles. The molecular formula is C19H28IN5OS. The van der Waals surface area contributed by atoms with Crippen LogP contribution in [0.15, 0.2) is 41.5 Å². The second-order valence-electron chi connectivity index (χ2n) is 5.63. The zero-order chi connectivity index (χ0) is 18.6. The van der Waals surface area contributed by atoms with Crippen LogP contribution in [0.25, 0.3) is 0 Å². The highest BCUT2D eigenvalue weighted by Crippen LogP contribution is 2.13. The third-order valence-electron chi connectivity index (χ3n) is 3.63. The van der Waals surface area contributed by atoms with Crippen LogP contribution in [0.4, 0.5) is 0 Å². The fourth-order valence-corrected chi connectivity index (χ4v) is 3.13. The van der Waals surface area contributed by atoms with Crippen LogP contribution in [-0.2, 0) is 12.8 Å². The number of amides is 1. The molecule has 0 spiro atoms. The normalized spacial score (nSPS) is 10.8. The van der Waals surface area contributed by atoms with Gasteiger partial charge in [-0.1, -0.05) is 25.1 Å². The zero-order valence-corrected chi connectivity index (χ0v) is 19.0. The summed E-state index contributed by atoms with van der Waals surface area (Å²) in [6.07, 6.45) is 3.81. The smallest absolute Gasteiger partial charge is 0.251 e. The van der Waals surface area contributed by atoms with Crippen LogP contribution >= 0.6 is 35.3 Å². The summed E-state index contributed by atoms with van der Waals surface area (Å²) in [6.45, 7) is 6.79. The molecule has 1 aromatic carbocycles. The first-order valence-corrected chi connectivity index (χ1v) is 9.83. The number of aromatic nitrogens is 1. The van der Waals surface area contributed by atoms with E-state index >= 15 is 0 Å². The monoisotopic (exact) mass is 501 g/mol. The highest BCUT2D eigenvalue weighted by atomic mass is 127. The number of nitrogens with zero attached hydrogens (tertiary/aromatic N) is 2. The number of hydrogen-bond donors (Lipinski definition) is 3. The van der Waals surface area contributed by atoms with Crippen molar-refractivity contribution in [2.75, 3.05) is 26.2 Å². The molecule has 0 aliphatic heterocycles. The topological polar surface area (TPSA) is 78.4 Å². The van der Waals surface area contributed by atoms with Gasteiger partial charge in [0, 0.05) is 49.2 Å². The fourth-order valence-electron chi connectivity index (χ4n) is 2.28. The molecule has 1 heterocycles. The van der Waals surface area contributed by atoms with Gasteiger partial charge in [-0.25, -0.2) is 4.98 Å². The van der Waals surface area contributed by atoms with Crippen molar-refractivity contribution >= 4 is 47.2 Å². The van der Waals surface area contributed by atoms with Gasteiger partial charge >= 0.3 is 0 Å². The van der Waals surface area contributed by atoms with Crippen molar-refractivity contribution in [2.24, 2.45) is 4.99 Å². The number of aryl methyl sites for hydroxylation is 1. The van der Waals surface area contributed by atoms with E-state index in [-0.39, 0.29) is 29.9 Å². The number of benzene rings is 1. The van der Waals surface area contributed by atoms with Crippen LogP contribution in [0.2, 0.25) is 0 Å². The van der Waals surface area contributed by atoms with Gasteiger partial charge in [-0.2, -0.15) is 0 Å². The van der Waals surface area contributed by atoms with Gasteiger partial charge in [0.1, 0.15) is 0 Å². The maximum absolute atomic E-state index is 12.0. The van der Waals surface area contributed by atoms with Gasteiger partial charge in [0.2, 0.25) is 0 Å². The first-order valence-electron chi connectivity index (χ1n) is 9.02. The van der Waals surface area contributed by atoms with E-state index in [4.69, 9.17) is 0 Å². The van der Waals surface area contributed by atoms with Crippen LogP contribution in [-0.4, -0.2) is 43.0 Å². The van der Waals surface area contributed by atoms with Crippen molar-refractivity contribution in [1.29, 1.82) is 0 Å². The summed E-state index contributed by atoms with van der Waals surface area (Å²) in [4.78, 5) is 22.3. The highest BCUT2D eigenvalue weighted by molar-refractivity contribution is 14.0. The molecule has 0 fully saturated rings. The number of halogens is 1. The Balaban J connectivity index is 0.00000364. The fraction of sp³-hybridized carbons (Fsp3) is 0.421. The molecule has 0 radical (unpaired) electrons. The zero-order valence-electron chi connectivity index (χ0n) is 15.8. The van der Waals surface area contributed by atoms with E-state index in [1.165, 1.54) is 4.88 Å². The number of guanidine groups is 1.